The standard InChI is InChI=1S/C25H35NO5/c1-5-8-9-10-11-15-23(27)26(4)18-19-16-17-21(30-19)20-13-12-14-22(29-7-3)25(20)31-24(28)6-2/h12-14,16-17H,5-11,15,18H2,1-4H3. The van der Waals surface area contributed by atoms with Crippen LogP contribution in [0, 0.1) is 0 Å². The lowest BCUT2D eigenvalue weighted by molar-refractivity contribution is -0.134. The first kappa shape index (κ1) is 24.5. The second kappa shape index (κ2) is 12.8. The van der Waals surface area contributed by atoms with Crippen molar-refractivity contribution in [1.82, 2.24) is 4.90 Å². The van der Waals surface area contributed by atoms with Crippen molar-refractivity contribution in [2.75, 3.05) is 13.7 Å². The molecule has 0 aliphatic rings. The molecule has 6 heteroatoms. The van der Waals surface area contributed by atoms with E-state index in [-0.39, 0.29) is 18.3 Å². The Morgan fingerprint density at radius 1 is 1.00 bits per heavy atom. The number of furan rings is 1. The van der Waals surface area contributed by atoms with E-state index in [9.17, 15) is 9.59 Å². The summed E-state index contributed by atoms with van der Waals surface area (Å²) >= 11 is 0. The highest BCUT2D eigenvalue weighted by Crippen LogP contribution is 2.39. The molecule has 2 rings (SSSR count). The fourth-order valence-corrected chi connectivity index (χ4v) is 3.27. The zero-order valence-corrected chi connectivity index (χ0v) is 19.2. The number of hydrogen-bond acceptors (Lipinski definition) is 5. The van der Waals surface area contributed by atoms with Gasteiger partial charge in [-0.3, -0.25) is 9.59 Å². The fourth-order valence-electron chi connectivity index (χ4n) is 3.27. The summed E-state index contributed by atoms with van der Waals surface area (Å²) in [4.78, 5) is 26.0. The number of unbranched alkanes of at least 4 members (excludes halogenated alkanes) is 4. The molecule has 0 radical (unpaired) electrons. The number of nitrogens with zero attached hydrogens (tertiary/aromatic N) is 1. The van der Waals surface area contributed by atoms with Crippen molar-refractivity contribution in [1.29, 1.82) is 0 Å². The van der Waals surface area contributed by atoms with Gasteiger partial charge in [0.15, 0.2) is 11.5 Å². The number of hydrogen-bond donors (Lipinski definition) is 0. The van der Waals surface area contributed by atoms with Crippen LogP contribution in [0.2, 0.25) is 0 Å². The van der Waals surface area contributed by atoms with Gasteiger partial charge >= 0.3 is 5.97 Å². The maximum Gasteiger partial charge on any atom is 0.311 e. The van der Waals surface area contributed by atoms with E-state index in [1.807, 2.05) is 31.2 Å². The van der Waals surface area contributed by atoms with Crippen LogP contribution in [0.4, 0.5) is 0 Å². The lowest BCUT2D eigenvalue weighted by atomic mass is 10.1. The van der Waals surface area contributed by atoms with E-state index in [0.717, 1.165) is 12.8 Å². The third kappa shape index (κ3) is 7.46. The van der Waals surface area contributed by atoms with Crippen molar-refractivity contribution < 1.29 is 23.5 Å². The van der Waals surface area contributed by atoms with Gasteiger partial charge in [0.2, 0.25) is 5.91 Å². The topological polar surface area (TPSA) is 69.0 Å². The predicted molar refractivity (Wildman–Crippen MR) is 121 cm³/mol. The number of amides is 1. The van der Waals surface area contributed by atoms with Crippen LogP contribution in [0.5, 0.6) is 11.5 Å². The van der Waals surface area contributed by atoms with Crippen molar-refractivity contribution >= 4 is 11.9 Å². The van der Waals surface area contributed by atoms with Crippen LogP contribution in [0.15, 0.2) is 34.7 Å². The number of carbonyl (C=O) groups is 2. The second-order valence-electron chi connectivity index (χ2n) is 7.57. The first-order valence-corrected chi connectivity index (χ1v) is 11.3. The van der Waals surface area contributed by atoms with Gasteiger partial charge < -0.3 is 18.8 Å². The Hall–Kier alpha value is -2.76. The molecule has 0 aliphatic carbocycles. The van der Waals surface area contributed by atoms with Gasteiger partial charge in [-0.15, -0.1) is 0 Å². The number of carbonyl (C=O) groups excluding carboxylic acids is 2. The summed E-state index contributed by atoms with van der Waals surface area (Å²) in [5.41, 5.74) is 0.643. The fraction of sp³-hybridized carbons (Fsp3) is 0.520. The van der Waals surface area contributed by atoms with Crippen LogP contribution < -0.4 is 9.47 Å². The minimum Gasteiger partial charge on any atom is -0.490 e. The van der Waals surface area contributed by atoms with Gasteiger partial charge in [0.05, 0.1) is 18.7 Å². The molecular weight excluding hydrogens is 394 g/mol. The normalized spacial score (nSPS) is 10.7. The predicted octanol–water partition coefficient (Wildman–Crippen LogP) is 5.98. The number of para-hydroxylation sites is 1. The number of esters is 1. The molecule has 2 aromatic rings. The lowest BCUT2D eigenvalue weighted by Crippen LogP contribution is -2.25. The smallest absolute Gasteiger partial charge is 0.311 e. The van der Waals surface area contributed by atoms with E-state index in [2.05, 4.69) is 6.92 Å². The van der Waals surface area contributed by atoms with Crippen LogP contribution in [-0.2, 0) is 16.1 Å². The molecule has 170 valence electrons. The molecule has 0 atom stereocenters. The van der Waals surface area contributed by atoms with Gasteiger partial charge in [0.1, 0.15) is 11.5 Å². The average molecular weight is 430 g/mol. The first-order valence-electron chi connectivity index (χ1n) is 11.3. The summed E-state index contributed by atoms with van der Waals surface area (Å²) in [6.07, 6.45) is 6.42. The highest BCUT2D eigenvalue weighted by molar-refractivity contribution is 5.79. The van der Waals surface area contributed by atoms with Crippen LogP contribution in [0.1, 0.15) is 71.5 Å². The molecular formula is C25H35NO5. The molecule has 31 heavy (non-hydrogen) atoms. The van der Waals surface area contributed by atoms with E-state index < -0.39 is 0 Å². The Bertz CT molecular complexity index is 842. The molecule has 0 bridgehead atoms. The van der Waals surface area contributed by atoms with Gasteiger partial charge in [0, 0.05) is 19.9 Å². The largest absolute Gasteiger partial charge is 0.490 e. The third-order valence-electron chi connectivity index (χ3n) is 5.02. The number of benzene rings is 1. The van der Waals surface area contributed by atoms with Crippen LogP contribution in [-0.4, -0.2) is 30.4 Å². The molecule has 6 nitrogen and oxygen atoms in total. The molecule has 1 amide bonds. The van der Waals surface area contributed by atoms with Gasteiger partial charge in [-0.25, -0.2) is 0 Å². The first-order chi connectivity index (χ1) is 15.0. The lowest BCUT2D eigenvalue weighted by Gasteiger charge is -2.16. The summed E-state index contributed by atoms with van der Waals surface area (Å²) in [5, 5.41) is 0. The van der Waals surface area contributed by atoms with Gasteiger partial charge in [-0.2, -0.15) is 0 Å². The quantitative estimate of drug-likeness (QED) is 0.223. The van der Waals surface area contributed by atoms with E-state index >= 15 is 0 Å². The zero-order chi connectivity index (χ0) is 22.6. The summed E-state index contributed by atoms with van der Waals surface area (Å²) in [6, 6.07) is 9.10. The van der Waals surface area contributed by atoms with Gasteiger partial charge in [-0.05, 0) is 37.6 Å². The monoisotopic (exact) mass is 429 g/mol. The van der Waals surface area contributed by atoms with E-state index in [1.54, 1.807) is 24.9 Å². The van der Waals surface area contributed by atoms with Crippen molar-refractivity contribution in [3.8, 4) is 22.8 Å². The van der Waals surface area contributed by atoms with E-state index in [4.69, 9.17) is 13.9 Å². The van der Waals surface area contributed by atoms with E-state index in [0.29, 0.717) is 48.2 Å². The van der Waals surface area contributed by atoms with Crippen molar-refractivity contribution in [3.63, 3.8) is 0 Å². The Kier molecular flexibility index (Phi) is 10.1. The molecule has 0 N–H and O–H groups in total. The minimum absolute atomic E-state index is 0.116. The Labute approximate surface area is 185 Å². The van der Waals surface area contributed by atoms with Gasteiger partial charge in [0.25, 0.3) is 0 Å². The molecule has 1 aromatic heterocycles. The summed E-state index contributed by atoms with van der Waals surface area (Å²) in [6.45, 7) is 6.64. The maximum absolute atomic E-state index is 12.4. The number of rotatable bonds is 13. The molecule has 0 spiro atoms. The molecule has 0 saturated heterocycles. The molecule has 1 heterocycles. The van der Waals surface area contributed by atoms with Gasteiger partial charge in [-0.1, -0.05) is 45.6 Å². The van der Waals surface area contributed by atoms with Crippen LogP contribution in [0.3, 0.4) is 0 Å². The van der Waals surface area contributed by atoms with E-state index in [1.165, 1.54) is 19.3 Å². The summed E-state index contributed by atoms with van der Waals surface area (Å²) in [7, 11) is 1.79. The Morgan fingerprint density at radius 2 is 1.77 bits per heavy atom. The maximum atomic E-state index is 12.4. The van der Waals surface area contributed by atoms with Crippen molar-refractivity contribution in [2.24, 2.45) is 0 Å². The molecule has 0 aliphatic heterocycles. The van der Waals surface area contributed by atoms with Crippen LogP contribution in [0.25, 0.3) is 11.3 Å². The van der Waals surface area contributed by atoms with Crippen LogP contribution >= 0.6 is 0 Å². The SMILES string of the molecule is CCCCCCCC(=O)N(C)Cc1ccc(-c2cccc(OCC)c2OC(=O)CC)o1. The highest BCUT2D eigenvalue weighted by atomic mass is 16.6. The molecule has 0 saturated carbocycles. The molecule has 1 aromatic carbocycles. The minimum atomic E-state index is -0.343. The molecule has 0 unspecified atom stereocenters. The third-order valence-corrected chi connectivity index (χ3v) is 5.02. The Balaban J connectivity index is 2.08. The highest BCUT2D eigenvalue weighted by Gasteiger charge is 2.19. The second-order valence-corrected chi connectivity index (χ2v) is 7.57. The summed E-state index contributed by atoms with van der Waals surface area (Å²) < 4.78 is 17.2. The molecule has 0 fully saturated rings. The zero-order valence-electron chi connectivity index (χ0n) is 19.2. The summed E-state index contributed by atoms with van der Waals surface area (Å²) in [5.74, 6) is 1.86. The Morgan fingerprint density at radius 3 is 2.48 bits per heavy atom. The average Bonchev–Trinajstić information content (AvgIpc) is 3.22. The van der Waals surface area contributed by atoms with Crippen molar-refractivity contribution in [2.45, 2.75) is 72.3 Å². The number of ether oxygens (including phenoxy) is 2. The van der Waals surface area contributed by atoms with Crippen molar-refractivity contribution in [3.05, 3.63) is 36.1 Å².